The van der Waals surface area contributed by atoms with Crippen LogP contribution in [0.25, 0.3) is 11.0 Å². The molecule has 20 heavy (non-hydrogen) atoms. The number of anilines is 2. The first-order chi connectivity index (χ1) is 9.65. The molecule has 0 aliphatic heterocycles. The highest BCUT2D eigenvalue weighted by molar-refractivity contribution is 6.04. The number of fused-ring (bicyclic) bond motifs is 1. The van der Waals surface area contributed by atoms with Gasteiger partial charge in [0, 0.05) is 22.8 Å². The smallest absolute Gasteiger partial charge is 0.292 e. The average Bonchev–Trinajstić information content (AvgIpc) is 3.04. The summed E-state index contributed by atoms with van der Waals surface area (Å²) in [7, 11) is 0. The average molecular weight is 270 g/mol. The Morgan fingerprint density at radius 2 is 2.25 bits per heavy atom. The van der Waals surface area contributed by atoms with E-state index < -0.39 is 0 Å². The summed E-state index contributed by atoms with van der Waals surface area (Å²) < 4.78 is 5.48. The lowest BCUT2D eigenvalue weighted by Gasteiger charge is -1.96. The maximum atomic E-state index is 12.1. The Bertz CT molecular complexity index is 772. The van der Waals surface area contributed by atoms with Crippen LogP contribution < -0.4 is 11.1 Å². The zero-order chi connectivity index (χ0) is 14.1. The van der Waals surface area contributed by atoms with Gasteiger partial charge in [-0.15, -0.1) is 0 Å². The third kappa shape index (κ3) is 2.23. The summed E-state index contributed by atoms with van der Waals surface area (Å²) >= 11 is 0. The number of aryl methyl sites for hydroxylation is 1. The van der Waals surface area contributed by atoms with Crippen molar-refractivity contribution in [3.8, 4) is 0 Å². The highest BCUT2D eigenvalue weighted by Gasteiger charge is 2.13. The number of rotatable bonds is 3. The fourth-order valence-corrected chi connectivity index (χ4v) is 1.96. The fraction of sp³-hybridized carbons (Fsp3) is 0.143. The fourth-order valence-electron chi connectivity index (χ4n) is 1.96. The summed E-state index contributed by atoms with van der Waals surface area (Å²) in [5.74, 6) is 0.368. The Labute approximate surface area is 115 Å². The number of nitrogens with two attached hydrogens (primary N) is 1. The first kappa shape index (κ1) is 12.3. The molecule has 102 valence electrons. The van der Waals surface area contributed by atoms with Gasteiger partial charge < -0.3 is 15.5 Å². The maximum Gasteiger partial charge on any atom is 0.292 e. The molecule has 0 aliphatic carbocycles. The lowest BCUT2D eigenvalue weighted by molar-refractivity contribution is 0.0998. The van der Waals surface area contributed by atoms with Crippen molar-refractivity contribution in [3.63, 3.8) is 0 Å². The minimum atomic E-state index is -0.339. The van der Waals surface area contributed by atoms with Crippen LogP contribution in [0.5, 0.6) is 0 Å². The Balaban J connectivity index is 1.84. The van der Waals surface area contributed by atoms with Gasteiger partial charge in [-0.1, -0.05) is 6.92 Å². The summed E-state index contributed by atoms with van der Waals surface area (Å²) in [4.78, 5) is 12.1. The van der Waals surface area contributed by atoms with Gasteiger partial charge in [-0.3, -0.25) is 9.89 Å². The van der Waals surface area contributed by atoms with Crippen LogP contribution in [0.3, 0.4) is 0 Å². The van der Waals surface area contributed by atoms with Crippen LogP contribution in [0, 0.1) is 0 Å². The highest BCUT2D eigenvalue weighted by Crippen LogP contribution is 2.22. The summed E-state index contributed by atoms with van der Waals surface area (Å²) in [6, 6.07) is 8.69. The topological polar surface area (TPSA) is 96.9 Å². The first-order valence-electron chi connectivity index (χ1n) is 6.30. The van der Waals surface area contributed by atoms with Crippen LogP contribution in [0.4, 0.5) is 11.5 Å². The van der Waals surface area contributed by atoms with E-state index in [2.05, 4.69) is 15.5 Å². The number of nitrogens with one attached hydrogen (secondary N) is 2. The van der Waals surface area contributed by atoms with Crippen LogP contribution >= 0.6 is 0 Å². The molecule has 0 aliphatic rings. The molecule has 0 saturated carbocycles. The predicted octanol–water partition coefficient (Wildman–Crippen LogP) is 2.55. The number of aromatic amines is 1. The highest BCUT2D eigenvalue weighted by atomic mass is 16.3. The number of hydrogen-bond acceptors (Lipinski definition) is 4. The van der Waals surface area contributed by atoms with Crippen molar-refractivity contribution in [1.82, 2.24) is 10.2 Å². The van der Waals surface area contributed by atoms with E-state index in [9.17, 15) is 4.79 Å². The molecule has 6 heteroatoms. The zero-order valence-corrected chi connectivity index (χ0v) is 10.9. The molecule has 1 aromatic carbocycles. The van der Waals surface area contributed by atoms with E-state index >= 15 is 0 Å². The number of nitrogens with zero attached hydrogens (tertiary/aromatic N) is 1. The summed E-state index contributed by atoms with van der Waals surface area (Å²) in [5, 5.41) is 10.3. The van der Waals surface area contributed by atoms with Crippen LogP contribution in [0.2, 0.25) is 0 Å². The zero-order valence-electron chi connectivity index (χ0n) is 10.9. The van der Waals surface area contributed by atoms with E-state index in [0.29, 0.717) is 17.1 Å². The van der Waals surface area contributed by atoms with Crippen molar-refractivity contribution in [1.29, 1.82) is 0 Å². The SMILES string of the molecule is CCc1cc(NC(=O)c2cc3cc(N)ccc3o2)n[nH]1. The number of amides is 1. The van der Waals surface area contributed by atoms with Gasteiger partial charge in [-0.05, 0) is 30.7 Å². The lowest BCUT2D eigenvalue weighted by atomic mass is 10.2. The van der Waals surface area contributed by atoms with Gasteiger partial charge in [0.15, 0.2) is 11.6 Å². The van der Waals surface area contributed by atoms with Crippen LogP contribution in [-0.2, 0) is 6.42 Å². The number of carbonyl (C=O) groups is 1. The molecule has 4 N–H and O–H groups in total. The number of H-pyrrole nitrogens is 1. The predicted molar refractivity (Wildman–Crippen MR) is 76.5 cm³/mol. The normalized spacial score (nSPS) is 10.8. The van der Waals surface area contributed by atoms with Gasteiger partial charge >= 0.3 is 0 Å². The van der Waals surface area contributed by atoms with Crippen LogP contribution in [0.1, 0.15) is 23.2 Å². The van der Waals surface area contributed by atoms with Crippen molar-refractivity contribution >= 4 is 28.4 Å². The summed E-state index contributed by atoms with van der Waals surface area (Å²) in [5.41, 5.74) is 7.91. The van der Waals surface area contributed by atoms with Crippen molar-refractivity contribution in [2.75, 3.05) is 11.1 Å². The van der Waals surface area contributed by atoms with E-state index in [-0.39, 0.29) is 11.7 Å². The van der Waals surface area contributed by atoms with Crippen molar-refractivity contribution in [3.05, 3.63) is 41.8 Å². The van der Waals surface area contributed by atoms with E-state index in [0.717, 1.165) is 17.5 Å². The molecule has 3 rings (SSSR count). The molecule has 2 aromatic heterocycles. The Kier molecular flexibility index (Phi) is 2.90. The third-order valence-electron chi connectivity index (χ3n) is 3.02. The van der Waals surface area contributed by atoms with E-state index in [1.165, 1.54) is 0 Å². The largest absolute Gasteiger partial charge is 0.451 e. The third-order valence-corrected chi connectivity index (χ3v) is 3.02. The molecule has 0 bridgehead atoms. The van der Waals surface area contributed by atoms with Gasteiger partial charge in [0.05, 0.1) is 0 Å². The Morgan fingerprint density at radius 1 is 1.40 bits per heavy atom. The van der Waals surface area contributed by atoms with Gasteiger partial charge in [0.2, 0.25) is 0 Å². The van der Waals surface area contributed by atoms with Crippen molar-refractivity contribution < 1.29 is 9.21 Å². The molecule has 0 saturated heterocycles. The first-order valence-corrected chi connectivity index (χ1v) is 6.30. The maximum absolute atomic E-state index is 12.1. The number of nitrogen functional groups attached to an aromatic ring is 1. The standard InChI is InChI=1S/C14H14N4O2/c1-2-10-7-13(18-17-10)16-14(19)12-6-8-5-9(15)3-4-11(8)20-12/h3-7H,2,15H2,1H3,(H2,16,17,18,19). The monoisotopic (exact) mass is 270 g/mol. The second-order valence-corrected chi connectivity index (χ2v) is 4.49. The Morgan fingerprint density at radius 3 is 3.00 bits per heavy atom. The van der Waals surface area contributed by atoms with Crippen LogP contribution in [-0.4, -0.2) is 16.1 Å². The molecular weight excluding hydrogens is 256 g/mol. The molecule has 0 fully saturated rings. The molecule has 3 aromatic rings. The van der Waals surface area contributed by atoms with Gasteiger partial charge in [0.1, 0.15) is 5.58 Å². The number of furan rings is 1. The molecule has 0 atom stereocenters. The number of aromatic nitrogens is 2. The quantitative estimate of drug-likeness (QED) is 0.637. The molecule has 0 unspecified atom stereocenters. The summed E-state index contributed by atoms with van der Waals surface area (Å²) in [6.07, 6.45) is 0.826. The number of hydrogen-bond donors (Lipinski definition) is 3. The van der Waals surface area contributed by atoms with Crippen molar-refractivity contribution in [2.45, 2.75) is 13.3 Å². The summed E-state index contributed by atoms with van der Waals surface area (Å²) in [6.45, 7) is 2.00. The lowest BCUT2D eigenvalue weighted by Crippen LogP contribution is -2.10. The minimum Gasteiger partial charge on any atom is -0.451 e. The molecule has 0 spiro atoms. The van der Waals surface area contributed by atoms with Crippen molar-refractivity contribution in [2.24, 2.45) is 0 Å². The second kappa shape index (κ2) is 4.73. The van der Waals surface area contributed by atoms with Crippen LogP contribution in [0.15, 0.2) is 34.7 Å². The molecule has 0 radical (unpaired) electrons. The van der Waals surface area contributed by atoms with Gasteiger partial charge in [-0.25, -0.2) is 0 Å². The molecule has 2 heterocycles. The number of benzene rings is 1. The van der Waals surface area contributed by atoms with E-state index in [1.807, 2.05) is 6.92 Å². The molecule has 1 amide bonds. The van der Waals surface area contributed by atoms with Gasteiger partial charge in [0.25, 0.3) is 5.91 Å². The van der Waals surface area contributed by atoms with E-state index in [4.69, 9.17) is 10.2 Å². The molecule has 6 nitrogen and oxygen atoms in total. The van der Waals surface area contributed by atoms with Gasteiger partial charge in [-0.2, -0.15) is 5.10 Å². The molecular formula is C14H14N4O2. The number of carbonyl (C=O) groups excluding carboxylic acids is 1. The minimum absolute atomic E-state index is 0.228. The Hall–Kier alpha value is -2.76. The second-order valence-electron chi connectivity index (χ2n) is 4.49. The van der Waals surface area contributed by atoms with E-state index in [1.54, 1.807) is 30.3 Å².